The molecule has 6 heteroatoms. The molecule has 1 aromatic heterocycles. The molecule has 0 spiro atoms. The Morgan fingerprint density at radius 3 is 2.83 bits per heavy atom. The van der Waals surface area contributed by atoms with Crippen LogP contribution in [0.5, 0.6) is 5.88 Å². The molecule has 0 N–H and O–H groups in total. The smallest absolute Gasteiger partial charge is 0.235 e. The standard InChI is InChI=1S/C12H17IN2O3/c1-8-11(14-6-9(13)15-8)17-7-12(2,3)18-10-4-5-16-10/h6,10H,4-5,7H2,1-3H3. The Kier molecular flexibility index (Phi) is 4.39. The summed E-state index contributed by atoms with van der Waals surface area (Å²) in [5.74, 6) is 0.557. The second kappa shape index (κ2) is 5.66. The van der Waals surface area contributed by atoms with Gasteiger partial charge in [-0.3, -0.25) is 0 Å². The predicted molar refractivity (Wildman–Crippen MR) is 74.5 cm³/mol. The van der Waals surface area contributed by atoms with E-state index in [1.807, 2.05) is 20.8 Å². The molecule has 1 aliphatic heterocycles. The average molecular weight is 364 g/mol. The minimum Gasteiger partial charge on any atom is -0.473 e. The Labute approximate surface area is 120 Å². The molecular formula is C12H17IN2O3. The predicted octanol–water partition coefficient (Wildman–Crippen LogP) is 2.31. The molecule has 5 nitrogen and oxygen atoms in total. The van der Waals surface area contributed by atoms with Crippen molar-refractivity contribution in [3.05, 3.63) is 15.6 Å². The fourth-order valence-electron chi connectivity index (χ4n) is 1.52. The summed E-state index contributed by atoms with van der Waals surface area (Å²) in [4.78, 5) is 8.51. The molecule has 100 valence electrons. The van der Waals surface area contributed by atoms with Gasteiger partial charge in [-0.15, -0.1) is 0 Å². The van der Waals surface area contributed by atoms with Crippen molar-refractivity contribution in [3.63, 3.8) is 0 Å². The summed E-state index contributed by atoms with van der Waals surface area (Å²) in [6, 6.07) is 0. The van der Waals surface area contributed by atoms with Gasteiger partial charge in [-0.1, -0.05) is 0 Å². The molecule has 1 fully saturated rings. The Morgan fingerprint density at radius 2 is 2.28 bits per heavy atom. The number of halogens is 1. The third kappa shape index (κ3) is 3.76. The SMILES string of the molecule is Cc1nc(I)cnc1OCC(C)(C)OC1CCO1. The van der Waals surface area contributed by atoms with E-state index in [1.165, 1.54) is 0 Å². The summed E-state index contributed by atoms with van der Waals surface area (Å²) in [5.41, 5.74) is 0.389. The van der Waals surface area contributed by atoms with E-state index in [9.17, 15) is 0 Å². The Bertz CT molecular complexity index is 422. The lowest BCUT2D eigenvalue weighted by atomic mass is 10.1. The van der Waals surface area contributed by atoms with Crippen LogP contribution in [0.15, 0.2) is 6.20 Å². The molecule has 0 aromatic carbocycles. The number of hydrogen-bond donors (Lipinski definition) is 0. The lowest BCUT2D eigenvalue weighted by Gasteiger charge is -2.34. The van der Waals surface area contributed by atoms with Gasteiger partial charge >= 0.3 is 0 Å². The molecule has 18 heavy (non-hydrogen) atoms. The van der Waals surface area contributed by atoms with Crippen LogP contribution >= 0.6 is 22.6 Å². The molecule has 2 heterocycles. The van der Waals surface area contributed by atoms with Crippen LogP contribution in [0, 0.1) is 10.6 Å². The zero-order valence-electron chi connectivity index (χ0n) is 10.8. The first-order valence-corrected chi connectivity index (χ1v) is 6.95. The van der Waals surface area contributed by atoms with Crippen LogP contribution in [0.2, 0.25) is 0 Å². The fourth-order valence-corrected chi connectivity index (χ4v) is 2.02. The summed E-state index contributed by atoms with van der Waals surface area (Å²) in [7, 11) is 0. The number of nitrogens with zero attached hydrogens (tertiary/aromatic N) is 2. The highest BCUT2D eigenvalue weighted by atomic mass is 127. The van der Waals surface area contributed by atoms with Gasteiger partial charge < -0.3 is 14.2 Å². The zero-order valence-corrected chi connectivity index (χ0v) is 12.9. The minimum atomic E-state index is -0.401. The van der Waals surface area contributed by atoms with Crippen molar-refractivity contribution in [2.75, 3.05) is 13.2 Å². The van der Waals surface area contributed by atoms with E-state index in [4.69, 9.17) is 14.2 Å². The normalized spacial score (nSPS) is 19.4. The maximum absolute atomic E-state index is 5.76. The van der Waals surface area contributed by atoms with E-state index in [0.29, 0.717) is 12.5 Å². The third-order valence-electron chi connectivity index (χ3n) is 2.54. The molecule has 1 saturated heterocycles. The lowest BCUT2D eigenvalue weighted by molar-refractivity contribution is -0.262. The number of aromatic nitrogens is 2. The first kappa shape index (κ1) is 14.0. The van der Waals surface area contributed by atoms with E-state index in [1.54, 1.807) is 6.20 Å². The molecule has 0 bridgehead atoms. The number of ether oxygens (including phenoxy) is 3. The summed E-state index contributed by atoms with van der Waals surface area (Å²) < 4.78 is 17.5. The Morgan fingerprint density at radius 1 is 1.56 bits per heavy atom. The molecule has 1 aromatic rings. The fraction of sp³-hybridized carbons (Fsp3) is 0.667. The molecule has 1 atom stereocenters. The van der Waals surface area contributed by atoms with E-state index >= 15 is 0 Å². The van der Waals surface area contributed by atoms with Gasteiger partial charge in [0.2, 0.25) is 5.88 Å². The monoisotopic (exact) mass is 364 g/mol. The quantitative estimate of drug-likeness (QED) is 0.751. The molecule has 0 radical (unpaired) electrons. The van der Waals surface area contributed by atoms with Crippen molar-refractivity contribution in [1.82, 2.24) is 9.97 Å². The highest BCUT2D eigenvalue weighted by Crippen LogP contribution is 2.22. The van der Waals surface area contributed by atoms with Gasteiger partial charge in [0.25, 0.3) is 0 Å². The maximum Gasteiger partial charge on any atom is 0.235 e. The largest absolute Gasteiger partial charge is 0.473 e. The summed E-state index contributed by atoms with van der Waals surface area (Å²) in [5, 5.41) is 0. The van der Waals surface area contributed by atoms with Crippen molar-refractivity contribution in [2.45, 2.75) is 39.1 Å². The van der Waals surface area contributed by atoms with Gasteiger partial charge in [-0.25, -0.2) is 9.97 Å². The molecule has 1 unspecified atom stereocenters. The van der Waals surface area contributed by atoms with Gasteiger partial charge in [0.1, 0.15) is 16.0 Å². The Balaban J connectivity index is 1.89. The van der Waals surface area contributed by atoms with Gasteiger partial charge in [-0.2, -0.15) is 0 Å². The van der Waals surface area contributed by atoms with Gasteiger partial charge in [0.05, 0.1) is 18.4 Å². The number of aryl methyl sites for hydroxylation is 1. The van der Waals surface area contributed by atoms with Crippen LogP contribution in [0.25, 0.3) is 0 Å². The van der Waals surface area contributed by atoms with Crippen molar-refractivity contribution in [2.24, 2.45) is 0 Å². The van der Waals surface area contributed by atoms with Crippen molar-refractivity contribution >= 4 is 22.6 Å². The third-order valence-corrected chi connectivity index (χ3v) is 3.06. The minimum absolute atomic E-state index is 0.0903. The van der Waals surface area contributed by atoms with Gasteiger partial charge in [-0.05, 0) is 43.4 Å². The average Bonchev–Trinajstić information content (AvgIpc) is 2.23. The topological polar surface area (TPSA) is 53.5 Å². The molecule has 0 amide bonds. The maximum atomic E-state index is 5.76. The van der Waals surface area contributed by atoms with Crippen molar-refractivity contribution < 1.29 is 14.2 Å². The number of rotatable bonds is 5. The van der Waals surface area contributed by atoms with Crippen LogP contribution in [-0.4, -0.2) is 35.1 Å². The van der Waals surface area contributed by atoms with Gasteiger partial charge in [0.15, 0.2) is 6.29 Å². The first-order chi connectivity index (χ1) is 8.46. The highest BCUT2D eigenvalue weighted by molar-refractivity contribution is 14.1. The number of hydrogen-bond acceptors (Lipinski definition) is 5. The summed E-state index contributed by atoms with van der Waals surface area (Å²) in [6.07, 6.45) is 2.55. The molecular weight excluding hydrogens is 347 g/mol. The molecule has 2 rings (SSSR count). The first-order valence-electron chi connectivity index (χ1n) is 5.88. The molecule has 0 aliphatic carbocycles. The zero-order chi connectivity index (χ0) is 13.2. The molecule has 0 saturated carbocycles. The van der Waals surface area contributed by atoms with Gasteiger partial charge in [0, 0.05) is 6.42 Å². The van der Waals surface area contributed by atoms with Crippen LogP contribution in [0.3, 0.4) is 0 Å². The van der Waals surface area contributed by atoms with Crippen molar-refractivity contribution in [3.8, 4) is 5.88 Å². The van der Waals surface area contributed by atoms with Crippen LogP contribution in [0.4, 0.5) is 0 Å². The Hall–Kier alpha value is -0.470. The highest BCUT2D eigenvalue weighted by Gasteiger charge is 2.29. The van der Waals surface area contributed by atoms with E-state index in [0.717, 1.165) is 22.4 Å². The summed E-state index contributed by atoms with van der Waals surface area (Å²) >= 11 is 2.12. The van der Waals surface area contributed by atoms with Crippen LogP contribution in [0.1, 0.15) is 26.0 Å². The van der Waals surface area contributed by atoms with E-state index in [2.05, 4.69) is 32.6 Å². The second-order valence-corrected chi connectivity index (χ2v) is 5.94. The van der Waals surface area contributed by atoms with Crippen LogP contribution < -0.4 is 4.74 Å². The van der Waals surface area contributed by atoms with E-state index < -0.39 is 5.60 Å². The van der Waals surface area contributed by atoms with E-state index in [-0.39, 0.29) is 6.29 Å². The lowest BCUT2D eigenvalue weighted by Crippen LogP contribution is -2.42. The van der Waals surface area contributed by atoms with Crippen LogP contribution in [-0.2, 0) is 9.47 Å². The van der Waals surface area contributed by atoms with Crippen molar-refractivity contribution in [1.29, 1.82) is 0 Å². The summed E-state index contributed by atoms with van der Waals surface area (Å²) in [6.45, 7) is 7.04. The molecule has 1 aliphatic rings. The second-order valence-electron chi connectivity index (χ2n) is 4.84.